The van der Waals surface area contributed by atoms with Crippen LogP contribution in [0.25, 0.3) is 10.4 Å². The molecule has 4 nitrogen and oxygen atoms in total. The molecule has 0 aromatic heterocycles. The molecule has 1 unspecified atom stereocenters. The Balaban J connectivity index is 3.13. The second-order valence-electron chi connectivity index (χ2n) is 1.17. The Morgan fingerprint density at radius 1 is 2.00 bits per heavy atom. The molecule has 0 aliphatic carbocycles. The van der Waals surface area contributed by atoms with E-state index < -0.39 is 0 Å². The minimum atomic E-state index is -0.268. The Morgan fingerprint density at radius 3 is 2.71 bits per heavy atom. The van der Waals surface area contributed by atoms with Gasteiger partial charge in [-0.05, 0) is 12.5 Å². The molecule has 7 heavy (non-hydrogen) atoms. The van der Waals surface area contributed by atoms with Gasteiger partial charge >= 0.3 is 0 Å². The quantitative estimate of drug-likeness (QED) is 0.304. The van der Waals surface area contributed by atoms with Gasteiger partial charge in [-0.1, -0.05) is 5.11 Å². The van der Waals surface area contributed by atoms with E-state index in [1.54, 1.807) is 0 Å². The summed E-state index contributed by atoms with van der Waals surface area (Å²) in [6.45, 7) is 3.66. The molecule has 0 aliphatic heterocycles. The highest BCUT2D eigenvalue weighted by Gasteiger charge is 1.85. The van der Waals surface area contributed by atoms with E-state index in [4.69, 9.17) is 11.3 Å². The summed E-state index contributed by atoms with van der Waals surface area (Å²) in [7, 11) is 0. The largest absolute Gasteiger partial charge is 0.328 e. The molecule has 0 bridgehead atoms. The van der Waals surface area contributed by atoms with E-state index >= 15 is 0 Å². The summed E-state index contributed by atoms with van der Waals surface area (Å²) in [5, 5.41) is 3.16. The predicted octanol–water partition coefficient (Wildman–Crippen LogP) is 0.458. The van der Waals surface area contributed by atoms with Crippen LogP contribution in [0.5, 0.6) is 0 Å². The van der Waals surface area contributed by atoms with Crippen molar-refractivity contribution in [1.82, 2.24) is 0 Å². The van der Waals surface area contributed by atoms with E-state index in [1.165, 1.54) is 0 Å². The first-order valence-corrected chi connectivity index (χ1v) is 1.87. The average molecular weight is 99.1 g/mol. The minimum Gasteiger partial charge on any atom is -0.328 e. The lowest BCUT2D eigenvalue weighted by Crippen LogP contribution is -2.18. The third-order valence-electron chi connectivity index (χ3n) is 0.379. The lowest BCUT2D eigenvalue weighted by Gasteiger charge is -1.92. The van der Waals surface area contributed by atoms with Gasteiger partial charge in [-0.25, -0.2) is 0 Å². The van der Waals surface area contributed by atoms with Gasteiger partial charge in [0.15, 0.2) is 0 Å². The number of nitrogens with two attached hydrogens (primary N) is 1. The van der Waals surface area contributed by atoms with Crippen molar-refractivity contribution < 1.29 is 0 Å². The molecule has 0 saturated carbocycles. The fraction of sp³-hybridized carbons (Fsp3) is 0.667. The molecule has 0 aromatic rings. The van der Waals surface area contributed by atoms with Crippen molar-refractivity contribution in [3.05, 3.63) is 17.4 Å². The molecule has 0 saturated heterocycles. The third kappa shape index (κ3) is 5.27. The molecule has 1 radical (unpaired) electrons. The first kappa shape index (κ1) is 6.27. The van der Waals surface area contributed by atoms with Crippen molar-refractivity contribution >= 4 is 0 Å². The second-order valence-corrected chi connectivity index (χ2v) is 1.17. The molecule has 0 fully saturated rings. The molecule has 0 amide bonds. The van der Waals surface area contributed by atoms with E-state index in [1.807, 2.05) is 0 Å². The van der Waals surface area contributed by atoms with Crippen LogP contribution < -0.4 is 5.73 Å². The highest BCUT2D eigenvalue weighted by atomic mass is 15.1. The second kappa shape index (κ2) is 3.46. The fourth-order valence-corrected chi connectivity index (χ4v) is 0.141. The van der Waals surface area contributed by atoms with Crippen molar-refractivity contribution in [2.75, 3.05) is 6.54 Å². The van der Waals surface area contributed by atoms with Gasteiger partial charge in [-0.2, -0.15) is 0 Å². The van der Waals surface area contributed by atoms with Gasteiger partial charge in [-0.3, -0.25) is 0 Å². The van der Waals surface area contributed by atoms with Crippen LogP contribution in [0.3, 0.4) is 0 Å². The monoisotopic (exact) mass is 99.1 g/mol. The van der Waals surface area contributed by atoms with Crippen LogP contribution in [0.4, 0.5) is 0 Å². The maximum absolute atomic E-state index is 7.69. The Hall–Kier alpha value is -0.730. The summed E-state index contributed by atoms with van der Waals surface area (Å²) in [4.78, 5) is 2.48. The summed E-state index contributed by atoms with van der Waals surface area (Å²) < 4.78 is 0. The average Bonchev–Trinajstić information content (AvgIpc) is 1.61. The van der Waals surface area contributed by atoms with Gasteiger partial charge in [-0.15, -0.1) is 0 Å². The maximum Gasteiger partial charge on any atom is 0.0409 e. The Kier molecular flexibility index (Phi) is 3.10. The zero-order valence-electron chi connectivity index (χ0n) is 3.91. The normalized spacial score (nSPS) is 12.3. The van der Waals surface area contributed by atoms with Crippen molar-refractivity contribution in [3.63, 3.8) is 0 Å². The van der Waals surface area contributed by atoms with Gasteiger partial charge in [0, 0.05) is 17.5 Å². The molecule has 39 valence electrons. The van der Waals surface area contributed by atoms with Gasteiger partial charge in [0.2, 0.25) is 0 Å². The third-order valence-corrected chi connectivity index (χ3v) is 0.379. The molecule has 1 atom stereocenters. The smallest absolute Gasteiger partial charge is 0.0409 e. The SMILES string of the molecule is [CH2]C(N)CN=[N+]=[N-]. The van der Waals surface area contributed by atoms with Crippen LogP contribution in [0.15, 0.2) is 5.11 Å². The molecule has 0 aromatic carbocycles. The molecule has 0 spiro atoms. The summed E-state index contributed by atoms with van der Waals surface area (Å²) in [6.07, 6.45) is 0. The molecule has 2 N–H and O–H groups in total. The Labute approximate surface area is 41.9 Å². The number of hydrogen-bond donors (Lipinski definition) is 1. The van der Waals surface area contributed by atoms with Crippen LogP contribution in [-0.2, 0) is 0 Å². The molecule has 0 heterocycles. The van der Waals surface area contributed by atoms with E-state index in [9.17, 15) is 0 Å². The van der Waals surface area contributed by atoms with Gasteiger partial charge < -0.3 is 5.73 Å². The van der Waals surface area contributed by atoms with E-state index in [0.717, 1.165) is 0 Å². The minimum absolute atomic E-state index is 0.268. The molecule has 0 aliphatic rings. The zero-order chi connectivity index (χ0) is 5.70. The van der Waals surface area contributed by atoms with Crippen molar-refractivity contribution in [2.45, 2.75) is 6.04 Å². The predicted molar refractivity (Wildman–Crippen MR) is 27.3 cm³/mol. The summed E-state index contributed by atoms with van der Waals surface area (Å²) in [5.41, 5.74) is 12.8. The van der Waals surface area contributed by atoms with Crippen molar-refractivity contribution in [1.29, 1.82) is 0 Å². The first-order chi connectivity index (χ1) is 3.27. The highest BCUT2D eigenvalue weighted by Crippen LogP contribution is 1.74. The number of azide groups is 1. The van der Waals surface area contributed by atoms with Crippen LogP contribution in [0.1, 0.15) is 0 Å². The lowest BCUT2D eigenvalue weighted by atomic mass is 10.4. The van der Waals surface area contributed by atoms with E-state index in [2.05, 4.69) is 16.9 Å². The highest BCUT2D eigenvalue weighted by molar-refractivity contribution is 4.65. The Bertz CT molecular complexity index is 80.9. The number of hydrogen-bond acceptors (Lipinski definition) is 2. The van der Waals surface area contributed by atoms with E-state index in [0.29, 0.717) is 0 Å². The molecular formula is C3H7N4. The number of nitrogens with zero attached hydrogens (tertiary/aromatic N) is 3. The summed E-state index contributed by atoms with van der Waals surface area (Å²) >= 11 is 0. The standard InChI is InChI=1S/C3H7N4/c1-3(4)2-6-7-5/h3H,1-2,4H2. The summed E-state index contributed by atoms with van der Waals surface area (Å²) in [6, 6.07) is -0.268. The lowest BCUT2D eigenvalue weighted by molar-refractivity contribution is 0.814. The van der Waals surface area contributed by atoms with Crippen molar-refractivity contribution in [2.24, 2.45) is 10.8 Å². The fourth-order valence-electron chi connectivity index (χ4n) is 0.141. The van der Waals surface area contributed by atoms with Gasteiger partial charge in [0.25, 0.3) is 0 Å². The first-order valence-electron chi connectivity index (χ1n) is 1.87. The molecular weight excluding hydrogens is 92.1 g/mol. The topological polar surface area (TPSA) is 74.8 Å². The van der Waals surface area contributed by atoms with Crippen LogP contribution in [0, 0.1) is 6.92 Å². The van der Waals surface area contributed by atoms with Crippen LogP contribution >= 0.6 is 0 Å². The van der Waals surface area contributed by atoms with Crippen LogP contribution in [-0.4, -0.2) is 12.6 Å². The number of rotatable bonds is 2. The Morgan fingerprint density at radius 2 is 2.57 bits per heavy atom. The van der Waals surface area contributed by atoms with Gasteiger partial charge in [0.1, 0.15) is 0 Å². The molecule has 0 rings (SSSR count). The summed E-state index contributed by atoms with van der Waals surface area (Å²) in [5.74, 6) is 0. The van der Waals surface area contributed by atoms with Crippen molar-refractivity contribution in [3.8, 4) is 0 Å². The zero-order valence-corrected chi connectivity index (χ0v) is 3.91. The molecule has 4 heteroatoms. The van der Waals surface area contributed by atoms with Crippen LogP contribution in [0.2, 0.25) is 0 Å². The van der Waals surface area contributed by atoms with E-state index in [-0.39, 0.29) is 12.6 Å². The van der Waals surface area contributed by atoms with Gasteiger partial charge in [0.05, 0.1) is 0 Å². The maximum atomic E-state index is 7.69.